The van der Waals surface area contributed by atoms with E-state index in [4.69, 9.17) is 11.6 Å². The molecule has 2 heterocycles. The molecular formula is C15H16ClN3. The van der Waals surface area contributed by atoms with Gasteiger partial charge in [-0.15, -0.1) is 0 Å². The highest BCUT2D eigenvalue weighted by Crippen LogP contribution is 2.27. The Kier molecular flexibility index (Phi) is 3.67. The van der Waals surface area contributed by atoms with Gasteiger partial charge in [-0.3, -0.25) is 0 Å². The van der Waals surface area contributed by atoms with Gasteiger partial charge in [0, 0.05) is 23.7 Å². The summed E-state index contributed by atoms with van der Waals surface area (Å²) in [5.41, 5.74) is 3.56. The molecule has 3 nitrogen and oxygen atoms in total. The third-order valence-corrected chi connectivity index (χ3v) is 3.72. The molecule has 2 aromatic rings. The van der Waals surface area contributed by atoms with Crippen LogP contribution in [0.4, 0.5) is 0 Å². The van der Waals surface area contributed by atoms with Gasteiger partial charge >= 0.3 is 0 Å². The summed E-state index contributed by atoms with van der Waals surface area (Å²) in [6.45, 7) is 2.91. The van der Waals surface area contributed by atoms with Crippen LogP contribution in [0.1, 0.15) is 6.42 Å². The number of hydrogen-bond acceptors (Lipinski definition) is 2. The first-order valence-electron chi connectivity index (χ1n) is 6.48. The highest BCUT2D eigenvalue weighted by molar-refractivity contribution is 6.33. The van der Waals surface area contributed by atoms with Gasteiger partial charge in [-0.1, -0.05) is 41.4 Å². The lowest BCUT2D eigenvalue weighted by Crippen LogP contribution is -2.22. The summed E-state index contributed by atoms with van der Waals surface area (Å²) in [5.74, 6) is 0. The Hall–Kier alpha value is -1.58. The van der Waals surface area contributed by atoms with Crippen LogP contribution in [0.15, 0.2) is 48.4 Å². The summed E-state index contributed by atoms with van der Waals surface area (Å²) in [6.07, 6.45) is 7.12. The minimum atomic E-state index is 0.767. The van der Waals surface area contributed by atoms with Crippen molar-refractivity contribution in [3.05, 3.63) is 53.5 Å². The van der Waals surface area contributed by atoms with Crippen molar-refractivity contribution in [2.75, 3.05) is 13.1 Å². The second kappa shape index (κ2) is 5.59. The van der Waals surface area contributed by atoms with E-state index in [1.165, 1.54) is 5.57 Å². The van der Waals surface area contributed by atoms with Crippen LogP contribution in [0.25, 0.3) is 11.3 Å². The van der Waals surface area contributed by atoms with E-state index in [2.05, 4.69) is 20.9 Å². The van der Waals surface area contributed by atoms with Gasteiger partial charge in [0.2, 0.25) is 0 Å². The van der Waals surface area contributed by atoms with E-state index in [-0.39, 0.29) is 0 Å². The molecule has 0 fully saturated rings. The monoisotopic (exact) mass is 273 g/mol. The van der Waals surface area contributed by atoms with Crippen molar-refractivity contribution in [2.24, 2.45) is 0 Å². The molecule has 1 N–H and O–H groups in total. The zero-order valence-electron chi connectivity index (χ0n) is 10.6. The summed E-state index contributed by atoms with van der Waals surface area (Å²) in [6, 6.07) is 7.90. The van der Waals surface area contributed by atoms with Crippen LogP contribution in [0.3, 0.4) is 0 Å². The average Bonchev–Trinajstić information content (AvgIpc) is 2.88. The van der Waals surface area contributed by atoms with Crippen LogP contribution >= 0.6 is 11.6 Å². The maximum absolute atomic E-state index is 6.26. The Morgan fingerprint density at radius 2 is 2.21 bits per heavy atom. The Labute approximate surface area is 117 Å². The minimum Gasteiger partial charge on any atom is -0.326 e. The SMILES string of the molecule is Clc1ccccc1-c1cncn1CC1=CCNCC1. The van der Waals surface area contributed by atoms with E-state index in [1.54, 1.807) is 0 Å². The van der Waals surface area contributed by atoms with Crippen LogP contribution in [0.5, 0.6) is 0 Å². The topological polar surface area (TPSA) is 29.9 Å². The highest BCUT2D eigenvalue weighted by atomic mass is 35.5. The number of rotatable bonds is 3. The second-order valence-corrected chi connectivity index (χ2v) is 5.11. The molecule has 0 bridgehead atoms. The molecule has 0 radical (unpaired) electrons. The largest absolute Gasteiger partial charge is 0.326 e. The fraction of sp³-hybridized carbons (Fsp3) is 0.267. The zero-order valence-corrected chi connectivity index (χ0v) is 11.4. The fourth-order valence-corrected chi connectivity index (χ4v) is 2.60. The fourth-order valence-electron chi connectivity index (χ4n) is 2.37. The summed E-state index contributed by atoms with van der Waals surface area (Å²) in [5, 5.41) is 4.09. The lowest BCUT2D eigenvalue weighted by atomic mass is 10.1. The van der Waals surface area contributed by atoms with Gasteiger partial charge in [0.05, 0.1) is 18.2 Å². The van der Waals surface area contributed by atoms with Gasteiger partial charge in [0.25, 0.3) is 0 Å². The summed E-state index contributed by atoms with van der Waals surface area (Å²) in [4.78, 5) is 4.27. The van der Waals surface area contributed by atoms with Crippen LogP contribution in [-0.2, 0) is 6.54 Å². The Bertz CT molecular complexity index is 601. The first-order chi connectivity index (χ1) is 9.34. The Morgan fingerprint density at radius 1 is 1.32 bits per heavy atom. The molecule has 0 atom stereocenters. The van der Waals surface area contributed by atoms with E-state index >= 15 is 0 Å². The van der Waals surface area contributed by atoms with Crippen molar-refractivity contribution in [3.8, 4) is 11.3 Å². The molecule has 1 aromatic heterocycles. The Morgan fingerprint density at radius 3 is 3.00 bits per heavy atom. The van der Waals surface area contributed by atoms with Gasteiger partial charge in [-0.05, 0) is 19.0 Å². The number of nitrogens with zero attached hydrogens (tertiary/aromatic N) is 2. The van der Waals surface area contributed by atoms with Crippen molar-refractivity contribution in [1.29, 1.82) is 0 Å². The Balaban J connectivity index is 1.90. The first kappa shape index (κ1) is 12.5. The van der Waals surface area contributed by atoms with Crippen LogP contribution in [-0.4, -0.2) is 22.6 Å². The molecule has 0 saturated carbocycles. The summed E-state index contributed by atoms with van der Waals surface area (Å²) < 4.78 is 2.17. The number of imidazole rings is 1. The van der Waals surface area contributed by atoms with Crippen LogP contribution in [0, 0.1) is 0 Å². The van der Waals surface area contributed by atoms with E-state index in [0.29, 0.717) is 0 Å². The number of hydrogen-bond donors (Lipinski definition) is 1. The van der Waals surface area contributed by atoms with Crippen molar-refractivity contribution in [2.45, 2.75) is 13.0 Å². The molecule has 1 aromatic carbocycles. The molecular weight excluding hydrogens is 258 g/mol. The van der Waals surface area contributed by atoms with E-state index in [1.807, 2.05) is 36.8 Å². The molecule has 0 saturated heterocycles. The third kappa shape index (κ3) is 2.72. The maximum Gasteiger partial charge on any atom is 0.0954 e. The molecule has 0 unspecified atom stereocenters. The third-order valence-electron chi connectivity index (χ3n) is 3.39. The molecule has 0 amide bonds. The van der Waals surface area contributed by atoms with Crippen molar-refractivity contribution in [3.63, 3.8) is 0 Å². The predicted octanol–water partition coefficient (Wildman–Crippen LogP) is 3.12. The number of halogens is 1. The smallest absolute Gasteiger partial charge is 0.0954 e. The van der Waals surface area contributed by atoms with Gasteiger partial charge in [-0.25, -0.2) is 4.98 Å². The van der Waals surface area contributed by atoms with Crippen molar-refractivity contribution in [1.82, 2.24) is 14.9 Å². The average molecular weight is 274 g/mol. The van der Waals surface area contributed by atoms with Crippen LogP contribution < -0.4 is 5.32 Å². The van der Waals surface area contributed by atoms with Crippen molar-refractivity contribution < 1.29 is 0 Å². The van der Waals surface area contributed by atoms with Gasteiger partial charge < -0.3 is 9.88 Å². The van der Waals surface area contributed by atoms with E-state index in [0.717, 1.165) is 42.3 Å². The molecule has 98 valence electrons. The number of nitrogens with one attached hydrogen (secondary N) is 1. The summed E-state index contributed by atoms with van der Waals surface area (Å²) >= 11 is 6.26. The van der Waals surface area contributed by atoms with Gasteiger partial charge in [0.15, 0.2) is 0 Å². The number of aromatic nitrogens is 2. The molecule has 3 rings (SSSR count). The highest BCUT2D eigenvalue weighted by Gasteiger charge is 2.10. The molecule has 0 spiro atoms. The summed E-state index contributed by atoms with van der Waals surface area (Å²) in [7, 11) is 0. The zero-order chi connectivity index (χ0) is 13.1. The van der Waals surface area contributed by atoms with Gasteiger partial charge in [0.1, 0.15) is 0 Å². The lowest BCUT2D eigenvalue weighted by Gasteiger charge is -2.16. The number of benzene rings is 1. The molecule has 4 heteroatoms. The van der Waals surface area contributed by atoms with Crippen molar-refractivity contribution >= 4 is 11.6 Å². The minimum absolute atomic E-state index is 0.767. The molecule has 0 aliphatic carbocycles. The van der Waals surface area contributed by atoms with Crippen LogP contribution in [0.2, 0.25) is 5.02 Å². The first-order valence-corrected chi connectivity index (χ1v) is 6.86. The normalized spacial score (nSPS) is 15.3. The lowest BCUT2D eigenvalue weighted by molar-refractivity contribution is 0.652. The molecule has 19 heavy (non-hydrogen) atoms. The second-order valence-electron chi connectivity index (χ2n) is 4.70. The van der Waals surface area contributed by atoms with Gasteiger partial charge in [-0.2, -0.15) is 0 Å². The van der Waals surface area contributed by atoms with E-state index < -0.39 is 0 Å². The standard InChI is InChI=1S/C15H16ClN3/c16-14-4-2-1-3-13(14)15-9-18-11-19(15)10-12-5-7-17-8-6-12/h1-5,9,11,17H,6-8,10H2. The predicted molar refractivity (Wildman–Crippen MR) is 78.2 cm³/mol. The molecule has 1 aliphatic rings. The maximum atomic E-state index is 6.26. The quantitative estimate of drug-likeness (QED) is 0.871. The van der Waals surface area contributed by atoms with E-state index in [9.17, 15) is 0 Å². The molecule has 1 aliphatic heterocycles.